The van der Waals surface area contributed by atoms with E-state index in [1.165, 1.54) is 16.6 Å². The lowest BCUT2D eigenvalue weighted by Gasteiger charge is -2.20. The molecule has 9 heteroatoms. The Morgan fingerprint density at radius 2 is 1.82 bits per heavy atom. The summed E-state index contributed by atoms with van der Waals surface area (Å²) in [4.78, 5) is 17.1. The van der Waals surface area contributed by atoms with Crippen molar-refractivity contribution >= 4 is 21.6 Å². The third kappa shape index (κ3) is 5.25. The largest absolute Gasteiger partial charge is 0.438 e. The number of carbonyl (C=O) groups excluding carboxylic acids is 1. The number of amides is 1. The molecule has 0 bridgehead atoms. The number of sulfonamides is 1. The zero-order valence-electron chi connectivity index (χ0n) is 19.5. The third-order valence-corrected chi connectivity index (χ3v) is 7.52. The summed E-state index contributed by atoms with van der Waals surface area (Å²) >= 11 is 0. The molecule has 0 aliphatic heterocycles. The number of hydrogen-bond donors (Lipinski definition) is 1. The molecule has 0 atom stereocenters. The van der Waals surface area contributed by atoms with E-state index in [1.54, 1.807) is 70.2 Å². The van der Waals surface area contributed by atoms with Gasteiger partial charge in [-0.2, -0.15) is 9.57 Å². The molecule has 1 heterocycles. The Morgan fingerprint density at radius 1 is 1.09 bits per heavy atom. The third-order valence-electron chi connectivity index (χ3n) is 5.33. The van der Waals surface area contributed by atoms with Gasteiger partial charge in [0.2, 0.25) is 15.9 Å². The molecule has 0 aliphatic rings. The van der Waals surface area contributed by atoms with Crippen molar-refractivity contribution in [3.63, 3.8) is 0 Å². The molecule has 1 N–H and O–H groups in total. The molecule has 0 saturated heterocycles. The quantitative estimate of drug-likeness (QED) is 0.504. The van der Waals surface area contributed by atoms with E-state index < -0.39 is 15.9 Å². The van der Waals surface area contributed by atoms with Gasteiger partial charge in [0.05, 0.1) is 4.90 Å². The molecule has 8 nitrogen and oxygen atoms in total. The van der Waals surface area contributed by atoms with Gasteiger partial charge in [0.1, 0.15) is 17.4 Å². The van der Waals surface area contributed by atoms with Gasteiger partial charge in [0.15, 0.2) is 0 Å². The van der Waals surface area contributed by atoms with E-state index in [9.17, 15) is 18.5 Å². The van der Waals surface area contributed by atoms with Gasteiger partial charge in [-0.3, -0.25) is 4.79 Å². The number of nitriles is 1. The summed E-state index contributed by atoms with van der Waals surface area (Å²) in [6.07, 6.45) is 1.54. The molecule has 3 rings (SSSR count). The Kier molecular flexibility index (Phi) is 7.66. The highest BCUT2D eigenvalue weighted by molar-refractivity contribution is 7.89. The van der Waals surface area contributed by atoms with E-state index in [2.05, 4.69) is 10.3 Å². The second kappa shape index (κ2) is 10.5. The Hall–Kier alpha value is -3.74. The zero-order valence-corrected chi connectivity index (χ0v) is 20.3. The Bertz CT molecular complexity index is 1360. The number of aryl methyl sites for hydroxylation is 2. The normalized spacial score (nSPS) is 11.2. The predicted octanol–water partition coefficient (Wildman–Crippen LogP) is 4.65. The fourth-order valence-corrected chi connectivity index (χ4v) is 5.13. The minimum absolute atomic E-state index is 0.118. The summed E-state index contributed by atoms with van der Waals surface area (Å²) in [6, 6.07) is 15.0. The molecule has 176 valence electrons. The number of aromatic nitrogens is 1. The first-order valence-corrected chi connectivity index (χ1v) is 12.2. The first-order chi connectivity index (χ1) is 16.2. The summed E-state index contributed by atoms with van der Waals surface area (Å²) in [5, 5.41) is 12.0. The van der Waals surface area contributed by atoms with Crippen molar-refractivity contribution in [2.24, 2.45) is 0 Å². The molecule has 0 spiro atoms. The van der Waals surface area contributed by atoms with Crippen LogP contribution in [0.4, 0.5) is 5.69 Å². The fourth-order valence-electron chi connectivity index (χ4n) is 3.43. The molecule has 0 saturated carbocycles. The summed E-state index contributed by atoms with van der Waals surface area (Å²) in [6.45, 7) is 7.75. The van der Waals surface area contributed by atoms with Crippen LogP contribution in [0.5, 0.6) is 11.6 Å². The van der Waals surface area contributed by atoms with E-state index in [0.29, 0.717) is 35.7 Å². The number of benzene rings is 2. The lowest BCUT2D eigenvalue weighted by molar-refractivity contribution is 0.102. The van der Waals surface area contributed by atoms with Gasteiger partial charge in [-0.15, -0.1) is 0 Å². The van der Waals surface area contributed by atoms with E-state index in [0.717, 1.165) is 5.56 Å². The van der Waals surface area contributed by atoms with Gasteiger partial charge < -0.3 is 10.1 Å². The summed E-state index contributed by atoms with van der Waals surface area (Å²) in [5.41, 5.74) is 2.40. The van der Waals surface area contributed by atoms with Crippen molar-refractivity contribution in [2.45, 2.75) is 32.6 Å². The Morgan fingerprint density at radius 3 is 2.47 bits per heavy atom. The first kappa shape index (κ1) is 24.9. The number of anilines is 1. The van der Waals surface area contributed by atoms with Crippen molar-refractivity contribution < 1.29 is 17.9 Å². The van der Waals surface area contributed by atoms with Crippen molar-refractivity contribution in [2.75, 3.05) is 18.4 Å². The lowest BCUT2D eigenvalue weighted by atomic mass is 10.1. The minimum Gasteiger partial charge on any atom is -0.438 e. The summed E-state index contributed by atoms with van der Waals surface area (Å²) < 4.78 is 33.1. The van der Waals surface area contributed by atoms with Crippen LogP contribution in [-0.2, 0) is 10.0 Å². The Labute approximate surface area is 199 Å². The molecule has 0 fully saturated rings. The van der Waals surface area contributed by atoms with Crippen LogP contribution < -0.4 is 10.1 Å². The van der Waals surface area contributed by atoms with Crippen LogP contribution in [0, 0.1) is 25.2 Å². The smallest absolute Gasteiger partial charge is 0.255 e. The molecule has 1 aromatic heterocycles. The topological polar surface area (TPSA) is 112 Å². The highest BCUT2D eigenvalue weighted by Gasteiger charge is 2.25. The van der Waals surface area contributed by atoms with Crippen LogP contribution in [0.3, 0.4) is 0 Å². The fraction of sp³-hybridized carbons (Fsp3) is 0.240. The van der Waals surface area contributed by atoms with Gasteiger partial charge in [-0.05, 0) is 67.4 Å². The van der Waals surface area contributed by atoms with Crippen LogP contribution in [0.1, 0.15) is 40.9 Å². The number of hydrogen-bond acceptors (Lipinski definition) is 6. The molecule has 0 radical (unpaired) electrons. The van der Waals surface area contributed by atoms with Crippen LogP contribution >= 0.6 is 0 Å². The average Bonchev–Trinajstić information content (AvgIpc) is 2.82. The standard InChI is InChI=1S/C25H26N4O4S/c1-5-29(6-2)34(31,32)23-15-19(10-9-17(23)3)24(30)28-22-12-11-21(14-18(22)4)33-25-20(16-26)8-7-13-27-25/h7-15H,5-6H2,1-4H3,(H,28,30). The highest BCUT2D eigenvalue weighted by atomic mass is 32.2. The van der Waals surface area contributed by atoms with Gasteiger partial charge in [-0.25, -0.2) is 13.4 Å². The predicted molar refractivity (Wildman–Crippen MR) is 129 cm³/mol. The molecule has 34 heavy (non-hydrogen) atoms. The molecule has 0 unspecified atom stereocenters. The Balaban J connectivity index is 1.83. The number of nitrogens with zero attached hydrogens (tertiary/aromatic N) is 3. The van der Waals surface area contributed by atoms with Crippen LogP contribution in [0.15, 0.2) is 59.6 Å². The van der Waals surface area contributed by atoms with E-state index in [-0.39, 0.29) is 16.3 Å². The average molecular weight is 479 g/mol. The van der Waals surface area contributed by atoms with Crippen LogP contribution in [0.2, 0.25) is 0 Å². The van der Waals surface area contributed by atoms with Gasteiger partial charge in [0.25, 0.3) is 5.91 Å². The second-order valence-electron chi connectivity index (χ2n) is 7.57. The number of ether oxygens (including phenoxy) is 1. The number of carbonyl (C=O) groups is 1. The summed E-state index contributed by atoms with van der Waals surface area (Å²) in [7, 11) is -3.70. The van der Waals surface area contributed by atoms with E-state index in [4.69, 9.17) is 4.74 Å². The number of pyridine rings is 1. The van der Waals surface area contributed by atoms with Crippen molar-refractivity contribution in [3.8, 4) is 17.7 Å². The van der Waals surface area contributed by atoms with Crippen molar-refractivity contribution in [1.82, 2.24) is 9.29 Å². The van der Waals surface area contributed by atoms with Crippen molar-refractivity contribution in [1.29, 1.82) is 5.26 Å². The molecular formula is C25H26N4O4S. The van der Waals surface area contributed by atoms with E-state index >= 15 is 0 Å². The number of nitrogens with one attached hydrogen (secondary N) is 1. The zero-order chi connectivity index (χ0) is 24.9. The lowest BCUT2D eigenvalue weighted by Crippen LogP contribution is -2.31. The monoisotopic (exact) mass is 478 g/mol. The minimum atomic E-state index is -3.70. The van der Waals surface area contributed by atoms with Gasteiger partial charge in [0, 0.05) is 30.5 Å². The number of rotatable bonds is 8. The SMILES string of the molecule is CCN(CC)S(=O)(=O)c1cc(C(=O)Nc2ccc(Oc3ncccc3C#N)cc2C)ccc1C. The van der Waals surface area contributed by atoms with Gasteiger partial charge in [-0.1, -0.05) is 19.9 Å². The molecule has 2 aromatic carbocycles. The molecule has 0 aliphatic carbocycles. The summed E-state index contributed by atoms with van der Waals surface area (Å²) in [5.74, 6) is 0.237. The molecule has 1 amide bonds. The maximum Gasteiger partial charge on any atom is 0.255 e. The molecular weight excluding hydrogens is 452 g/mol. The second-order valence-corrected chi connectivity index (χ2v) is 9.48. The van der Waals surface area contributed by atoms with Gasteiger partial charge >= 0.3 is 0 Å². The first-order valence-electron chi connectivity index (χ1n) is 10.8. The van der Waals surface area contributed by atoms with Crippen molar-refractivity contribution in [3.05, 3.63) is 77.0 Å². The van der Waals surface area contributed by atoms with Crippen LogP contribution in [0.25, 0.3) is 0 Å². The molecule has 3 aromatic rings. The van der Waals surface area contributed by atoms with E-state index in [1.807, 2.05) is 6.07 Å². The highest BCUT2D eigenvalue weighted by Crippen LogP contribution is 2.27. The maximum absolute atomic E-state index is 13.0. The van der Waals surface area contributed by atoms with Crippen LogP contribution in [-0.4, -0.2) is 36.7 Å². The maximum atomic E-state index is 13.0.